The number of rotatable bonds is 10. The Morgan fingerprint density at radius 1 is 0.900 bits per heavy atom. The normalized spacial score (nSPS) is 12.5. The van der Waals surface area contributed by atoms with Gasteiger partial charge >= 0.3 is 0 Å². The molecule has 0 aliphatic rings. The van der Waals surface area contributed by atoms with Crippen LogP contribution in [0.4, 0.5) is 5.69 Å². The summed E-state index contributed by atoms with van der Waals surface area (Å²) in [5.41, 5.74) is 0.0825. The van der Waals surface area contributed by atoms with Gasteiger partial charge < -0.3 is 10.2 Å². The fraction of sp³-hybridized carbons (Fsp3) is 0.310. The second kappa shape index (κ2) is 13.3. The smallest absolute Gasteiger partial charge is 0.264 e. The molecule has 2 amide bonds. The van der Waals surface area contributed by atoms with Gasteiger partial charge in [0.25, 0.3) is 10.0 Å². The lowest BCUT2D eigenvalue weighted by atomic mass is 10.1. The fourth-order valence-electron chi connectivity index (χ4n) is 4.11. The highest BCUT2D eigenvalue weighted by atomic mass is 35.5. The Kier molecular flexibility index (Phi) is 10.5. The van der Waals surface area contributed by atoms with Crippen LogP contribution in [0.25, 0.3) is 0 Å². The largest absolute Gasteiger partial charge is 0.350 e. The van der Waals surface area contributed by atoms with Crippen LogP contribution in [0.1, 0.15) is 39.7 Å². The number of benzene rings is 3. The number of nitrogens with zero attached hydrogens (tertiary/aromatic N) is 2. The Labute approximate surface area is 251 Å². The number of nitrogens with one attached hydrogen (secondary N) is 1. The molecule has 1 atom stereocenters. The minimum absolute atomic E-state index is 0.000918. The van der Waals surface area contributed by atoms with E-state index in [1.807, 2.05) is 20.8 Å². The van der Waals surface area contributed by atoms with Crippen LogP contribution < -0.4 is 9.62 Å². The number of carbonyl (C=O) groups is 2. The van der Waals surface area contributed by atoms with Gasteiger partial charge in [-0.2, -0.15) is 0 Å². The summed E-state index contributed by atoms with van der Waals surface area (Å²) in [5.74, 6) is -1.00. The molecule has 0 saturated heterocycles. The molecule has 0 aliphatic carbocycles. The molecule has 1 unspecified atom stereocenters. The Hall–Kier alpha value is -2.78. The van der Waals surface area contributed by atoms with Crippen molar-refractivity contribution >= 4 is 62.3 Å². The molecule has 0 fully saturated rings. The van der Waals surface area contributed by atoms with E-state index in [0.29, 0.717) is 20.6 Å². The van der Waals surface area contributed by atoms with Gasteiger partial charge in [0.1, 0.15) is 12.6 Å². The molecule has 0 heterocycles. The highest BCUT2D eigenvalue weighted by Gasteiger charge is 2.35. The lowest BCUT2D eigenvalue weighted by Gasteiger charge is -2.35. The Morgan fingerprint density at radius 2 is 1.50 bits per heavy atom. The van der Waals surface area contributed by atoms with E-state index < -0.39 is 34.1 Å². The Bertz CT molecular complexity index is 1440. The zero-order valence-electron chi connectivity index (χ0n) is 22.7. The van der Waals surface area contributed by atoms with E-state index in [1.165, 1.54) is 23.1 Å². The predicted octanol–water partition coefficient (Wildman–Crippen LogP) is 6.56. The van der Waals surface area contributed by atoms with Crippen molar-refractivity contribution in [2.24, 2.45) is 0 Å². The quantitative estimate of drug-likeness (QED) is 0.277. The van der Waals surface area contributed by atoms with E-state index in [0.717, 1.165) is 4.31 Å². The van der Waals surface area contributed by atoms with Gasteiger partial charge in [-0.15, -0.1) is 0 Å². The Morgan fingerprint density at radius 3 is 2.05 bits per heavy atom. The third kappa shape index (κ3) is 7.91. The number of anilines is 1. The van der Waals surface area contributed by atoms with Gasteiger partial charge in [0.15, 0.2) is 0 Å². The van der Waals surface area contributed by atoms with Crippen LogP contribution in [0, 0.1) is 0 Å². The molecular formula is C29H32Cl3N3O4S. The summed E-state index contributed by atoms with van der Waals surface area (Å²) in [6, 6.07) is 18.0. The monoisotopic (exact) mass is 623 g/mol. The number of halogens is 3. The summed E-state index contributed by atoms with van der Waals surface area (Å²) in [6.07, 6.45) is 0.262. The van der Waals surface area contributed by atoms with Crippen LogP contribution in [0.3, 0.4) is 0 Å². The molecule has 0 radical (unpaired) electrons. The highest BCUT2D eigenvalue weighted by Crippen LogP contribution is 2.29. The summed E-state index contributed by atoms with van der Waals surface area (Å²) in [7, 11) is -4.20. The molecule has 3 rings (SSSR count). The SMILES string of the molecule is CCC(C(=O)NC(C)(C)C)N(Cc1c(Cl)cccc1Cl)C(=O)CN(c1cccc(Cl)c1)S(=O)(=O)c1ccccc1. The van der Waals surface area contributed by atoms with Crippen molar-refractivity contribution in [2.75, 3.05) is 10.8 Å². The van der Waals surface area contributed by atoms with Gasteiger partial charge in [0.2, 0.25) is 11.8 Å². The van der Waals surface area contributed by atoms with E-state index in [4.69, 9.17) is 34.8 Å². The molecule has 3 aromatic carbocycles. The maximum atomic E-state index is 14.1. The first kappa shape index (κ1) is 31.7. The molecule has 0 spiro atoms. The fourth-order valence-corrected chi connectivity index (χ4v) is 6.23. The molecule has 214 valence electrons. The van der Waals surface area contributed by atoms with E-state index in [9.17, 15) is 18.0 Å². The molecule has 3 aromatic rings. The number of hydrogen-bond donors (Lipinski definition) is 1. The van der Waals surface area contributed by atoms with E-state index >= 15 is 0 Å². The summed E-state index contributed by atoms with van der Waals surface area (Å²) >= 11 is 19.1. The maximum absolute atomic E-state index is 14.1. The highest BCUT2D eigenvalue weighted by molar-refractivity contribution is 7.92. The molecule has 0 saturated carbocycles. The second-order valence-electron chi connectivity index (χ2n) is 10.2. The van der Waals surface area contributed by atoms with Crippen molar-refractivity contribution in [3.8, 4) is 0 Å². The second-order valence-corrected chi connectivity index (χ2v) is 13.3. The molecule has 0 aromatic heterocycles. The van der Waals surface area contributed by atoms with Crippen molar-refractivity contribution in [3.63, 3.8) is 0 Å². The summed E-state index contributed by atoms with van der Waals surface area (Å²) in [4.78, 5) is 28.8. The summed E-state index contributed by atoms with van der Waals surface area (Å²) in [6.45, 7) is 6.57. The van der Waals surface area contributed by atoms with Gasteiger partial charge in [0.05, 0.1) is 10.6 Å². The average Bonchev–Trinajstić information content (AvgIpc) is 2.88. The van der Waals surface area contributed by atoms with Crippen molar-refractivity contribution < 1.29 is 18.0 Å². The van der Waals surface area contributed by atoms with Crippen LogP contribution in [-0.4, -0.2) is 43.3 Å². The van der Waals surface area contributed by atoms with Crippen LogP contribution in [0.2, 0.25) is 15.1 Å². The number of sulfonamides is 1. The molecule has 1 N–H and O–H groups in total. The van der Waals surface area contributed by atoms with Crippen molar-refractivity contribution in [1.29, 1.82) is 0 Å². The molecule has 0 bridgehead atoms. The predicted molar refractivity (Wildman–Crippen MR) is 161 cm³/mol. The lowest BCUT2D eigenvalue weighted by molar-refractivity contribution is -0.141. The molecule has 40 heavy (non-hydrogen) atoms. The number of amides is 2. The van der Waals surface area contributed by atoms with Gasteiger partial charge in [-0.3, -0.25) is 13.9 Å². The minimum Gasteiger partial charge on any atom is -0.350 e. The van der Waals surface area contributed by atoms with Crippen molar-refractivity contribution in [1.82, 2.24) is 10.2 Å². The minimum atomic E-state index is -4.20. The van der Waals surface area contributed by atoms with Gasteiger partial charge in [-0.05, 0) is 69.7 Å². The topological polar surface area (TPSA) is 86.8 Å². The van der Waals surface area contributed by atoms with E-state index in [1.54, 1.807) is 61.5 Å². The van der Waals surface area contributed by atoms with Gasteiger partial charge in [-0.25, -0.2) is 8.42 Å². The molecular weight excluding hydrogens is 593 g/mol. The lowest BCUT2D eigenvalue weighted by Crippen LogP contribution is -2.55. The van der Waals surface area contributed by atoms with Crippen LogP contribution in [0.15, 0.2) is 77.7 Å². The number of carbonyl (C=O) groups excluding carboxylic acids is 2. The summed E-state index contributed by atoms with van der Waals surface area (Å²) in [5, 5.41) is 3.86. The Balaban J connectivity index is 2.11. The molecule has 11 heteroatoms. The van der Waals surface area contributed by atoms with E-state index in [-0.39, 0.29) is 29.5 Å². The van der Waals surface area contributed by atoms with Gasteiger partial charge in [-0.1, -0.05) is 72.1 Å². The molecule has 0 aliphatic heterocycles. The first-order chi connectivity index (χ1) is 18.7. The molecule has 7 nitrogen and oxygen atoms in total. The zero-order chi connectivity index (χ0) is 29.7. The standard InChI is InChI=1S/C29H32Cl3N3O4S/c1-5-26(28(37)33-29(2,3)4)34(18-23-24(31)15-10-16-25(23)32)27(36)19-35(21-12-9-11-20(30)17-21)40(38,39)22-13-7-6-8-14-22/h6-17,26H,5,18-19H2,1-4H3,(H,33,37). The van der Waals surface area contributed by atoms with Gasteiger partial charge in [0, 0.05) is 32.7 Å². The third-order valence-corrected chi connectivity index (χ3v) is 8.71. The van der Waals surface area contributed by atoms with E-state index in [2.05, 4.69) is 5.32 Å². The zero-order valence-corrected chi connectivity index (χ0v) is 25.8. The van der Waals surface area contributed by atoms with Crippen LogP contribution in [0.5, 0.6) is 0 Å². The summed E-state index contributed by atoms with van der Waals surface area (Å²) < 4.78 is 28.6. The third-order valence-electron chi connectivity index (χ3n) is 5.98. The van der Waals surface area contributed by atoms with Crippen molar-refractivity contribution in [3.05, 3.63) is 93.4 Å². The first-order valence-corrected chi connectivity index (χ1v) is 15.2. The van der Waals surface area contributed by atoms with Crippen LogP contribution in [-0.2, 0) is 26.2 Å². The average molecular weight is 625 g/mol. The van der Waals surface area contributed by atoms with Crippen LogP contribution >= 0.6 is 34.8 Å². The maximum Gasteiger partial charge on any atom is 0.264 e. The first-order valence-electron chi connectivity index (χ1n) is 12.6. The number of hydrogen-bond acceptors (Lipinski definition) is 4. The van der Waals surface area contributed by atoms with Crippen molar-refractivity contribution in [2.45, 2.75) is 57.1 Å².